The van der Waals surface area contributed by atoms with Crippen molar-refractivity contribution in [2.45, 2.75) is 31.3 Å². The molecule has 2 heterocycles. The predicted octanol–water partition coefficient (Wildman–Crippen LogP) is 4.16. The molecule has 0 amide bonds. The van der Waals surface area contributed by atoms with Gasteiger partial charge in [-0.3, -0.25) is 4.57 Å². The van der Waals surface area contributed by atoms with Crippen molar-refractivity contribution in [3.63, 3.8) is 0 Å². The molecule has 21 heavy (non-hydrogen) atoms. The van der Waals surface area contributed by atoms with Crippen molar-refractivity contribution < 1.29 is 4.42 Å². The Labute approximate surface area is 128 Å². The van der Waals surface area contributed by atoms with Gasteiger partial charge in [-0.25, -0.2) is 0 Å². The highest BCUT2D eigenvalue weighted by Gasteiger charge is 2.14. The molecule has 0 aliphatic heterocycles. The van der Waals surface area contributed by atoms with E-state index < -0.39 is 0 Å². The normalized spacial score (nSPS) is 11.0. The van der Waals surface area contributed by atoms with Crippen LogP contribution in [0.4, 0.5) is 0 Å². The average Bonchev–Trinajstić information content (AvgIpc) is 3.15. The van der Waals surface area contributed by atoms with Crippen LogP contribution >= 0.6 is 11.8 Å². The Balaban J connectivity index is 1.78. The Morgan fingerprint density at radius 1 is 1.14 bits per heavy atom. The Kier molecular flexibility index (Phi) is 4.10. The van der Waals surface area contributed by atoms with E-state index in [-0.39, 0.29) is 0 Å². The summed E-state index contributed by atoms with van der Waals surface area (Å²) < 4.78 is 7.50. The number of aromatic nitrogens is 3. The molecule has 0 N–H and O–H groups in total. The van der Waals surface area contributed by atoms with Gasteiger partial charge < -0.3 is 4.42 Å². The highest BCUT2D eigenvalue weighted by Crippen LogP contribution is 2.26. The highest BCUT2D eigenvalue weighted by molar-refractivity contribution is 7.98. The van der Waals surface area contributed by atoms with Crippen molar-refractivity contribution in [1.82, 2.24) is 14.8 Å². The minimum Gasteiger partial charge on any atom is -0.461 e. The lowest BCUT2D eigenvalue weighted by atomic mass is 10.2. The zero-order chi connectivity index (χ0) is 14.7. The van der Waals surface area contributed by atoms with Crippen molar-refractivity contribution in [1.29, 1.82) is 0 Å². The third-order valence-corrected chi connectivity index (χ3v) is 4.30. The van der Waals surface area contributed by atoms with Crippen LogP contribution in [0.2, 0.25) is 0 Å². The second kappa shape index (κ2) is 6.18. The molecule has 0 saturated heterocycles. The van der Waals surface area contributed by atoms with E-state index in [1.807, 2.05) is 12.1 Å². The van der Waals surface area contributed by atoms with Gasteiger partial charge in [-0.05, 0) is 31.5 Å². The van der Waals surface area contributed by atoms with Gasteiger partial charge in [-0.15, -0.1) is 10.2 Å². The summed E-state index contributed by atoms with van der Waals surface area (Å²) >= 11 is 1.70. The van der Waals surface area contributed by atoms with E-state index in [0.29, 0.717) is 0 Å². The third kappa shape index (κ3) is 3.03. The van der Waals surface area contributed by atoms with E-state index in [9.17, 15) is 0 Å². The van der Waals surface area contributed by atoms with Crippen LogP contribution in [0.5, 0.6) is 0 Å². The first-order chi connectivity index (χ1) is 10.3. The Morgan fingerprint density at radius 3 is 2.62 bits per heavy atom. The van der Waals surface area contributed by atoms with Crippen molar-refractivity contribution in [2.24, 2.45) is 0 Å². The molecule has 1 aromatic carbocycles. The summed E-state index contributed by atoms with van der Waals surface area (Å²) in [4.78, 5) is 0. The van der Waals surface area contributed by atoms with Gasteiger partial charge in [0.05, 0.1) is 6.26 Å². The average molecular weight is 299 g/mol. The number of hydrogen-bond donors (Lipinski definition) is 0. The van der Waals surface area contributed by atoms with Crippen LogP contribution in [0.15, 0.2) is 52.2 Å². The quantitative estimate of drug-likeness (QED) is 0.664. The van der Waals surface area contributed by atoms with Crippen molar-refractivity contribution in [2.75, 3.05) is 0 Å². The van der Waals surface area contributed by atoms with Gasteiger partial charge in [0.25, 0.3) is 0 Å². The van der Waals surface area contributed by atoms with Crippen LogP contribution in [-0.4, -0.2) is 14.8 Å². The molecule has 0 saturated carbocycles. The zero-order valence-electron chi connectivity index (χ0n) is 12.1. The minimum atomic E-state index is 0.756. The Bertz CT molecular complexity index is 702. The molecule has 0 aliphatic rings. The molecule has 0 radical (unpaired) electrons. The lowest BCUT2D eigenvalue weighted by molar-refractivity contribution is 0.567. The lowest BCUT2D eigenvalue weighted by Crippen LogP contribution is -1.99. The highest BCUT2D eigenvalue weighted by atomic mass is 32.2. The SMILES string of the molecule is CCn1c(SCc2ccc(C)cc2)nnc1-c1ccco1. The van der Waals surface area contributed by atoms with Gasteiger partial charge in [0.15, 0.2) is 16.7 Å². The molecule has 5 heteroatoms. The molecule has 0 bridgehead atoms. The van der Waals surface area contributed by atoms with Crippen LogP contribution in [0, 0.1) is 6.92 Å². The van der Waals surface area contributed by atoms with Crippen molar-refractivity contribution in [3.8, 4) is 11.6 Å². The predicted molar refractivity (Wildman–Crippen MR) is 84.1 cm³/mol. The maximum atomic E-state index is 5.42. The Morgan fingerprint density at radius 2 is 1.95 bits per heavy atom. The molecule has 3 rings (SSSR count). The van der Waals surface area contributed by atoms with Gasteiger partial charge in [-0.2, -0.15) is 0 Å². The fraction of sp³-hybridized carbons (Fsp3) is 0.250. The molecule has 4 nitrogen and oxygen atoms in total. The maximum absolute atomic E-state index is 5.42. The van der Waals surface area contributed by atoms with Gasteiger partial charge in [0.2, 0.25) is 0 Å². The molecular weight excluding hydrogens is 282 g/mol. The molecule has 0 aliphatic carbocycles. The number of nitrogens with zero attached hydrogens (tertiary/aromatic N) is 3. The summed E-state index contributed by atoms with van der Waals surface area (Å²) in [6.45, 7) is 5.01. The van der Waals surface area contributed by atoms with E-state index in [0.717, 1.165) is 29.0 Å². The van der Waals surface area contributed by atoms with E-state index in [1.165, 1.54) is 11.1 Å². The smallest absolute Gasteiger partial charge is 0.200 e. The first-order valence-electron chi connectivity index (χ1n) is 6.93. The van der Waals surface area contributed by atoms with Gasteiger partial charge in [0.1, 0.15) is 0 Å². The number of rotatable bonds is 5. The molecular formula is C16H17N3OS. The molecule has 0 spiro atoms. The molecule has 0 atom stereocenters. The summed E-state index contributed by atoms with van der Waals surface area (Å²) in [5, 5.41) is 9.47. The zero-order valence-corrected chi connectivity index (χ0v) is 12.9. The van der Waals surface area contributed by atoms with Crippen LogP contribution in [-0.2, 0) is 12.3 Å². The summed E-state index contributed by atoms with van der Waals surface area (Å²) in [5.74, 6) is 2.43. The standard InChI is InChI=1S/C16H17N3OS/c1-3-19-15(14-5-4-10-20-14)17-18-16(19)21-11-13-8-6-12(2)7-9-13/h4-10H,3,11H2,1-2H3. The fourth-order valence-electron chi connectivity index (χ4n) is 2.10. The van der Waals surface area contributed by atoms with E-state index >= 15 is 0 Å². The molecule has 0 fully saturated rings. The second-order valence-electron chi connectivity index (χ2n) is 4.80. The Hall–Kier alpha value is -2.01. The summed E-state index contributed by atoms with van der Waals surface area (Å²) in [6, 6.07) is 12.3. The fourth-order valence-corrected chi connectivity index (χ4v) is 3.06. The molecule has 2 aromatic heterocycles. The summed E-state index contributed by atoms with van der Waals surface area (Å²) in [5.41, 5.74) is 2.57. The minimum absolute atomic E-state index is 0.756. The summed E-state index contributed by atoms with van der Waals surface area (Å²) in [6.07, 6.45) is 1.66. The van der Waals surface area contributed by atoms with Gasteiger partial charge in [0, 0.05) is 12.3 Å². The topological polar surface area (TPSA) is 43.9 Å². The number of furan rings is 1. The summed E-state index contributed by atoms with van der Waals surface area (Å²) in [7, 11) is 0. The van der Waals surface area contributed by atoms with Crippen LogP contribution in [0.25, 0.3) is 11.6 Å². The first kappa shape index (κ1) is 13.9. The first-order valence-corrected chi connectivity index (χ1v) is 7.92. The number of aryl methyl sites for hydroxylation is 1. The van der Waals surface area contributed by atoms with Crippen LogP contribution < -0.4 is 0 Å². The maximum Gasteiger partial charge on any atom is 0.200 e. The monoisotopic (exact) mass is 299 g/mol. The third-order valence-electron chi connectivity index (χ3n) is 3.26. The molecule has 108 valence electrons. The number of hydrogen-bond acceptors (Lipinski definition) is 4. The number of thioether (sulfide) groups is 1. The van der Waals surface area contributed by atoms with E-state index in [2.05, 4.69) is 52.9 Å². The molecule has 0 unspecified atom stereocenters. The van der Waals surface area contributed by atoms with Gasteiger partial charge in [-0.1, -0.05) is 41.6 Å². The van der Waals surface area contributed by atoms with Crippen molar-refractivity contribution in [3.05, 3.63) is 53.8 Å². The van der Waals surface area contributed by atoms with Crippen LogP contribution in [0.1, 0.15) is 18.1 Å². The second-order valence-corrected chi connectivity index (χ2v) is 5.74. The van der Waals surface area contributed by atoms with E-state index in [1.54, 1.807) is 18.0 Å². The lowest BCUT2D eigenvalue weighted by Gasteiger charge is -2.06. The van der Waals surface area contributed by atoms with Crippen LogP contribution in [0.3, 0.4) is 0 Å². The molecule has 3 aromatic rings. The van der Waals surface area contributed by atoms with Gasteiger partial charge >= 0.3 is 0 Å². The van der Waals surface area contributed by atoms with Crippen molar-refractivity contribution >= 4 is 11.8 Å². The largest absolute Gasteiger partial charge is 0.461 e. The number of benzene rings is 1. The van der Waals surface area contributed by atoms with E-state index in [4.69, 9.17) is 4.42 Å².